The highest BCUT2D eigenvalue weighted by Crippen LogP contribution is 2.16. The van der Waals surface area contributed by atoms with Crippen molar-refractivity contribution in [1.29, 1.82) is 0 Å². The molecule has 2 N–H and O–H groups in total. The Labute approximate surface area is 166 Å². The van der Waals surface area contributed by atoms with Gasteiger partial charge in [0.2, 0.25) is 5.91 Å². The molecule has 150 valence electrons. The van der Waals surface area contributed by atoms with Crippen molar-refractivity contribution in [2.24, 2.45) is 0 Å². The van der Waals surface area contributed by atoms with E-state index in [-0.39, 0.29) is 12.5 Å². The molecule has 2 aromatic heterocycles. The Balaban J connectivity index is 1.47. The molecule has 9 nitrogen and oxygen atoms in total. The molecule has 1 aliphatic rings. The van der Waals surface area contributed by atoms with Crippen LogP contribution in [0.25, 0.3) is 10.9 Å². The van der Waals surface area contributed by atoms with Gasteiger partial charge in [0.25, 0.3) is 5.56 Å². The summed E-state index contributed by atoms with van der Waals surface area (Å²) in [5, 5.41) is 3.11. The number of para-hydroxylation sites is 1. The van der Waals surface area contributed by atoms with Crippen LogP contribution in [0, 0.1) is 0 Å². The summed E-state index contributed by atoms with van der Waals surface area (Å²) < 4.78 is 1.25. The Morgan fingerprint density at radius 2 is 1.86 bits per heavy atom. The smallest absolute Gasteiger partial charge is 0.329 e. The number of aromatic nitrogens is 3. The molecule has 3 heterocycles. The molecule has 1 aromatic carbocycles. The van der Waals surface area contributed by atoms with Gasteiger partial charge in [0.05, 0.1) is 22.8 Å². The number of piperazine rings is 1. The highest BCUT2D eigenvalue weighted by molar-refractivity contribution is 5.91. The lowest BCUT2D eigenvalue weighted by Gasteiger charge is -2.33. The van der Waals surface area contributed by atoms with Crippen LogP contribution in [0.2, 0.25) is 0 Å². The van der Waals surface area contributed by atoms with Crippen molar-refractivity contribution >= 4 is 28.3 Å². The van der Waals surface area contributed by atoms with Gasteiger partial charge in [-0.2, -0.15) is 0 Å². The quantitative estimate of drug-likeness (QED) is 0.667. The molecular weight excluding hydrogens is 372 g/mol. The molecule has 0 unspecified atom stereocenters. The number of aromatic amines is 1. The van der Waals surface area contributed by atoms with Crippen molar-refractivity contribution in [2.75, 3.05) is 43.4 Å². The summed E-state index contributed by atoms with van der Waals surface area (Å²) in [5.41, 5.74) is -0.118. The number of carbonyl (C=O) groups is 1. The second kappa shape index (κ2) is 7.88. The third-order valence-electron chi connectivity index (χ3n) is 5.07. The number of carbonyl (C=O) groups excluding carboxylic acids is 1. The van der Waals surface area contributed by atoms with Crippen molar-refractivity contribution in [3.05, 3.63) is 63.4 Å². The monoisotopic (exact) mass is 394 g/mol. The summed E-state index contributed by atoms with van der Waals surface area (Å²) in [6, 6.07) is 10.4. The van der Waals surface area contributed by atoms with Crippen LogP contribution in [0.1, 0.15) is 0 Å². The maximum Gasteiger partial charge on any atom is 0.329 e. The summed E-state index contributed by atoms with van der Waals surface area (Å²) >= 11 is 0. The van der Waals surface area contributed by atoms with Gasteiger partial charge >= 0.3 is 5.69 Å². The zero-order chi connectivity index (χ0) is 20.4. The van der Waals surface area contributed by atoms with Crippen LogP contribution in [0.4, 0.5) is 11.5 Å². The molecule has 9 heteroatoms. The van der Waals surface area contributed by atoms with E-state index in [4.69, 9.17) is 0 Å². The number of hydrogen-bond acceptors (Lipinski definition) is 6. The Morgan fingerprint density at radius 1 is 1.10 bits per heavy atom. The molecule has 1 saturated heterocycles. The third kappa shape index (κ3) is 4.04. The molecule has 0 atom stereocenters. The van der Waals surface area contributed by atoms with Crippen molar-refractivity contribution < 1.29 is 4.79 Å². The van der Waals surface area contributed by atoms with Crippen molar-refractivity contribution in [1.82, 2.24) is 19.4 Å². The van der Waals surface area contributed by atoms with Crippen LogP contribution >= 0.6 is 0 Å². The van der Waals surface area contributed by atoms with Gasteiger partial charge < -0.3 is 15.1 Å². The Bertz CT molecular complexity index is 1140. The van der Waals surface area contributed by atoms with Gasteiger partial charge in [0, 0.05) is 26.2 Å². The topological polar surface area (TPSA) is 103 Å². The molecule has 1 fully saturated rings. The number of hydrogen-bond donors (Lipinski definition) is 2. The molecule has 0 bridgehead atoms. The molecule has 1 amide bonds. The van der Waals surface area contributed by atoms with Gasteiger partial charge in [-0.1, -0.05) is 12.1 Å². The lowest BCUT2D eigenvalue weighted by molar-refractivity contribution is -0.116. The summed E-state index contributed by atoms with van der Waals surface area (Å²) in [5.74, 6) is 0.498. The minimum atomic E-state index is -0.618. The normalized spacial score (nSPS) is 14.9. The van der Waals surface area contributed by atoms with Crippen LogP contribution in [0.5, 0.6) is 0 Å². The van der Waals surface area contributed by atoms with Gasteiger partial charge in [-0.25, -0.2) is 9.78 Å². The lowest BCUT2D eigenvalue weighted by atomic mass is 10.2. The number of anilines is 2. The Hall–Kier alpha value is -3.46. The molecule has 3 aromatic rings. The average molecular weight is 394 g/mol. The second-order valence-corrected chi connectivity index (χ2v) is 7.11. The van der Waals surface area contributed by atoms with Gasteiger partial charge in [-0.3, -0.25) is 19.1 Å². The van der Waals surface area contributed by atoms with Crippen LogP contribution in [-0.2, 0) is 11.3 Å². The van der Waals surface area contributed by atoms with Crippen LogP contribution in [0.3, 0.4) is 0 Å². The number of benzene rings is 1. The highest BCUT2D eigenvalue weighted by Gasteiger charge is 2.15. The van der Waals surface area contributed by atoms with Crippen LogP contribution in [-0.4, -0.2) is 58.6 Å². The number of amides is 1. The standard InChI is InChI=1S/C20H22N6O3/c1-24-8-10-25(11-9-24)17-7-6-14(12-21-17)22-18(27)13-26-16-5-3-2-4-15(16)19(28)23-20(26)29/h2-7,12H,8-11,13H2,1H3,(H,22,27)(H,23,28,29). The van der Waals surface area contributed by atoms with Crippen LogP contribution in [0.15, 0.2) is 52.2 Å². The zero-order valence-electron chi connectivity index (χ0n) is 16.1. The summed E-state index contributed by atoms with van der Waals surface area (Å²) in [6.07, 6.45) is 1.61. The zero-order valence-corrected chi connectivity index (χ0v) is 16.1. The first kappa shape index (κ1) is 18.9. The molecule has 1 aliphatic heterocycles. The fourth-order valence-corrected chi connectivity index (χ4v) is 3.43. The van der Waals surface area contributed by atoms with Crippen LogP contribution < -0.4 is 21.5 Å². The predicted molar refractivity (Wildman–Crippen MR) is 111 cm³/mol. The fourth-order valence-electron chi connectivity index (χ4n) is 3.43. The van der Waals surface area contributed by atoms with E-state index >= 15 is 0 Å². The van der Waals surface area contributed by atoms with E-state index in [1.807, 2.05) is 6.07 Å². The van der Waals surface area contributed by atoms with E-state index in [0.29, 0.717) is 16.6 Å². The summed E-state index contributed by atoms with van der Waals surface area (Å²) in [4.78, 5) is 47.8. The Kier molecular flexibility index (Phi) is 5.13. The number of nitrogens with zero attached hydrogens (tertiary/aromatic N) is 4. The first-order valence-corrected chi connectivity index (χ1v) is 9.42. The highest BCUT2D eigenvalue weighted by atomic mass is 16.2. The molecule has 0 aliphatic carbocycles. The minimum absolute atomic E-state index is 0.212. The lowest BCUT2D eigenvalue weighted by Crippen LogP contribution is -2.44. The Morgan fingerprint density at radius 3 is 2.59 bits per heavy atom. The van der Waals surface area contributed by atoms with E-state index in [2.05, 4.69) is 32.1 Å². The van der Waals surface area contributed by atoms with E-state index in [1.165, 1.54) is 4.57 Å². The molecule has 0 radical (unpaired) electrons. The van der Waals surface area contributed by atoms with E-state index in [0.717, 1.165) is 32.0 Å². The molecular formula is C20H22N6O3. The summed E-state index contributed by atoms with van der Waals surface area (Å²) in [6.45, 7) is 3.59. The number of rotatable bonds is 4. The molecule has 0 saturated carbocycles. The first-order chi connectivity index (χ1) is 14.0. The third-order valence-corrected chi connectivity index (χ3v) is 5.07. The number of likely N-dealkylation sites (N-methyl/N-ethyl adjacent to an activating group) is 1. The number of H-pyrrole nitrogens is 1. The van der Waals surface area contributed by atoms with Gasteiger partial charge in [0.1, 0.15) is 12.4 Å². The average Bonchev–Trinajstić information content (AvgIpc) is 2.72. The number of fused-ring (bicyclic) bond motifs is 1. The molecule has 0 spiro atoms. The van der Waals surface area contributed by atoms with Gasteiger partial charge in [0.15, 0.2) is 0 Å². The minimum Gasteiger partial charge on any atom is -0.354 e. The maximum absolute atomic E-state index is 12.5. The second-order valence-electron chi connectivity index (χ2n) is 7.11. The largest absolute Gasteiger partial charge is 0.354 e. The molecule has 4 rings (SSSR count). The van der Waals surface area contributed by atoms with Crippen molar-refractivity contribution in [2.45, 2.75) is 6.54 Å². The van der Waals surface area contributed by atoms with Crippen molar-refractivity contribution in [3.63, 3.8) is 0 Å². The fraction of sp³-hybridized carbons (Fsp3) is 0.300. The van der Waals surface area contributed by atoms with Gasteiger partial charge in [-0.05, 0) is 31.3 Å². The van der Waals surface area contributed by atoms with Crippen molar-refractivity contribution in [3.8, 4) is 0 Å². The molecule has 29 heavy (non-hydrogen) atoms. The van der Waals surface area contributed by atoms with E-state index < -0.39 is 11.2 Å². The number of nitrogens with one attached hydrogen (secondary N) is 2. The summed E-state index contributed by atoms with van der Waals surface area (Å²) in [7, 11) is 2.10. The van der Waals surface area contributed by atoms with Gasteiger partial charge in [-0.15, -0.1) is 0 Å². The predicted octanol–water partition coefficient (Wildman–Crippen LogP) is 0.475. The van der Waals surface area contributed by atoms with E-state index in [9.17, 15) is 14.4 Å². The number of pyridine rings is 1. The SMILES string of the molecule is CN1CCN(c2ccc(NC(=O)Cn3c(=O)[nH]c(=O)c4ccccc43)cn2)CC1. The first-order valence-electron chi connectivity index (χ1n) is 9.42. The maximum atomic E-state index is 12.5. The van der Waals surface area contributed by atoms with E-state index in [1.54, 1.807) is 36.5 Å².